The summed E-state index contributed by atoms with van der Waals surface area (Å²) in [6.07, 6.45) is 8.96. The summed E-state index contributed by atoms with van der Waals surface area (Å²) in [5.41, 5.74) is 1.28. The van der Waals surface area contributed by atoms with Crippen molar-refractivity contribution in [3.63, 3.8) is 0 Å². The lowest BCUT2D eigenvalue weighted by Gasteiger charge is -2.61. The van der Waals surface area contributed by atoms with Gasteiger partial charge in [-0.1, -0.05) is 13.8 Å². The van der Waals surface area contributed by atoms with Crippen molar-refractivity contribution < 1.29 is 9.13 Å². The van der Waals surface area contributed by atoms with Crippen LogP contribution in [0.2, 0.25) is 0 Å². The van der Waals surface area contributed by atoms with Gasteiger partial charge in [-0.3, -0.25) is 14.3 Å². The summed E-state index contributed by atoms with van der Waals surface area (Å²) in [5, 5.41) is 10.2. The Kier molecular flexibility index (Phi) is 7.70. The van der Waals surface area contributed by atoms with E-state index in [1.54, 1.807) is 29.1 Å². The van der Waals surface area contributed by atoms with Crippen molar-refractivity contribution in [2.45, 2.75) is 64.5 Å². The van der Waals surface area contributed by atoms with Crippen LogP contribution in [0.4, 0.5) is 10.1 Å². The van der Waals surface area contributed by atoms with Crippen LogP contribution < -0.4 is 15.0 Å². The molecule has 0 amide bonds. The van der Waals surface area contributed by atoms with Crippen LogP contribution >= 0.6 is 12.1 Å². The van der Waals surface area contributed by atoms with Crippen molar-refractivity contribution in [2.75, 3.05) is 31.4 Å². The van der Waals surface area contributed by atoms with Gasteiger partial charge in [0.05, 0.1) is 22.9 Å². The van der Waals surface area contributed by atoms with Gasteiger partial charge in [0.25, 0.3) is 5.56 Å². The van der Waals surface area contributed by atoms with E-state index >= 15 is 0 Å². The molecule has 2 heterocycles. The maximum Gasteiger partial charge on any atom is 0.261 e. The number of hydrogen-bond acceptors (Lipinski definition) is 8. The number of nitriles is 1. The molecule has 2 aliphatic carbocycles. The van der Waals surface area contributed by atoms with E-state index in [0.717, 1.165) is 44.4 Å². The van der Waals surface area contributed by atoms with E-state index in [4.69, 9.17) is 4.74 Å². The third-order valence-corrected chi connectivity index (χ3v) is 10.1. The predicted molar refractivity (Wildman–Crippen MR) is 160 cm³/mol. The summed E-state index contributed by atoms with van der Waals surface area (Å²) < 4.78 is 27.5. The molecule has 1 saturated heterocycles. The molecule has 6 rings (SSSR count). The van der Waals surface area contributed by atoms with Crippen molar-refractivity contribution >= 4 is 28.7 Å². The Balaban J connectivity index is 1.17. The number of anilines is 1. The Morgan fingerprint density at radius 3 is 2.66 bits per heavy atom. The molecule has 2 aromatic carbocycles. The molecule has 3 aromatic rings. The second-order valence-electron chi connectivity index (χ2n) is 12.2. The molecule has 8 nitrogen and oxygen atoms in total. The summed E-state index contributed by atoms with van der Waals surface area (Å²) in [7, 11) is 1.91. The van der Waals surface area contributed by atoms with Crippen LogP contribution in [0.5, 0.6) is 11.5 Å². The fraction of sp³-hybridized carbons (Fsp3) is 0.516. The zero-order chi connectivity index (χ0) is 28.7. The molecule has 1 N–H and O–H groups in total. The molecule has 0 unspecified atom stereocenters. The number of likely N-dealkylation sites (tertiary alicyclic amines) is 1. The van der Waals surface area contributed by atoms with E-state index in [9.17, 15) is 14.4 Å². The molecule has 1 aliphatic heterocycles. The summed E-state index contributed by atoms with van der Waals surface area (Å²) in [4.78, 5) is 20.8. The van der Waals surface area contributed by atoms with Gasteiger partial charge >= 0.3 is 0 Å². The second kappa shape index (κ2) is 11.3. The molecule has 3 fully saturated rings. The Hall–Kier alpha value is -3.13. The molecule has 1 spiro atoms. The second-order valence-corrected chi connectivity index (χ2v) is 13.2. The molecule has 1 aromatic heterocycles. The van der Waals surface area contributed by atoms with Crippen molar-refractivity contribution in [1.82, 2.24) is 18.8 Å². The van der Waals surface area contributed by atoms with E-state index in [2.05, 4.69) is 27.6 Å². The van der Waals surface area contributed by atoms with E-state index in [1.807, 2.05) is 18.3 Å². The standard InChI is InChI=1S/C31H37FN6O2S/c1-4-36(3)41-35-28-12-10-26(32)29(25(28)16-33)40-23-9-11-27-24(13-23)30(39)38(19-34-27)22-14-31(15-22)17-37(18-31)21-7-5-20(2)6-8-21/h9-13,19-22,35H,4-8,14-15,17-18H2,1-3H3. The molecule has 10 heteroatoms. The Labute approximate surface area is 244 Å². The monoisotopic (exact) mass is 576 g/mol. The molecule has 2 saturated carbocycles. The van der Waals surface area contributed by atoms with E-state index in [1.165, 1.54) is 49.9 Å². The zero-order valence-electron chi connectivity index (χ0n) is 23.9. The van der Waals surface area contributed by atoms with Crippen molar-refractivity contribution in [2.24, 2.45) is 11.3 Å². The number of nitrogens with zero attached hydrogens (tertiary/aromatic N) is 5. The minimum Gasteiger partial charge on any atom is -0.453 e. The summed E-state index contributed by atoms with van der Waals surface area (Å²) in [6, 6.07) is 10.7. The largest absolute Gasteiger partial charge is 0.453 e. The molecule has 216 valence electrons. The first-order chi connectivity index (χ1) is 19.8. The highest BCUT2D eigenvalue weighted by atomic mass is 32.2. The van der Waals surface area contributed by atoms with Crippen LogP contribution in [-0.4, -0.2) is 51.5 Å². The summed E-state index contributed by atoms with van der Waals surface area (Å²) in [6.45, 7) is 7.44. The van der Waals surface area contributed by atoms with Crippen LogP contribution in [0.25, 0.3) is 10.9 Å². The van der Waals surface area contributed by atoms with Crippen LogP contribution in [-0.2, 0) is 0 Å². The van der Waals surface area contributed by atoms with E-state index in [-0.39, 0.29) is 28.7 Å². The quantitative estimate of drug-likeness (QED) is 0.311. The summed E-state index contributed by atoms with van der Waals surface area (Å²) in [5.74, 6) is 0.311. The highest BCUT2D eigenvalue weighted by Gasteiger charge is 2.54. The van der Waals surface area contributed by atoms with Crippen LogP contribution in [0.15, 0.2) is 41.5 Å². The SMILES string of the molecule is CCN(C)SNc1ccc(F)c(Oc2ccc3ncn(C4CC5(C4)CN(C4CCC(C)CC4)C5)c(=O)c3c2)c1C#N. The van der Waals surface area contributed by atoms with Gasteiger partial charge in [0.15, 0.2) is 11.6 Å². The molecular weight excluding hydrogens is 539 g/mol. The molecular formula is C31H37FN6O2S. The molecule has 0 atom stereocenters. The third-order valence-electron chi connectivity index (χ3n) is 9.26. The first-order valence-corrected chi connectivity index (χ1v) is 15.4. The minimum absolute atomic E-state index is 0.0581. The van der Waals surface area contributed by atoms with Gasteiger partial charge in [-0.05, 0) is 87.2 Å². The summed E-state index contributed by atoms with van der Waals surface area (Å²) >= 11 is 1.31. The zero-order valence-corrected chi connectivity index (χ0v) is 24.7. The first kappa shape index (κ1) is 28.0. The van der Waals surface area contributed by atoms with Gasteiger partial charge in [0, 0.05) is 43.9 Å². The first-order valence-electron chi connectivity index (χ1n) is 14.6. The van der Waals surface area contributed by atoms with Gasteiger partial charge in [0.2, 0.25) is 0 Å². The number of aromatic nitrogens is 2. The number of rotatable bonds is 8. The number of hydrogen-bond donors (Lipinski definition) is 1. The normalized spacial score (nSPS) is 22.3. The average molecular weight is 577 g/mol. The molecule has 3 aliphatic rings. The van der Waals surface area contributed by atoms with Crippen LogP contribution in [0.1, 0.15) is 64.0 Å². The predicted octanol–water partition coefficient (Wildman–Crippen LogP) is 6.34. The van der Waals surface area contributed by atoms with Crippen molar-refractivity contribution in [1.29, 1.82) is 5.26 Å². The van der Waals surface area contributed by atoms with Gasteiger partial charge in [-0.25, -0.2) is 13.7 Å². The highest BCUT2D eigenvalue weighted by Crippen LogP contribution is 2.55. The minimum atomic E-state index is -0.651. The maximum absolute atomic E-state index is 14.9. The van der Waals surface area contributed by atoms with Crippen LogP contribution in [0, 0.1) is 28.5 Å². The lowest BCUT2D eigenvalue weighted by atomic mass is 9.60. The molecule has 0 bridgehead atoms. The van der Waals surface area contributed by atoms with E-state index < -0.39 is 5.82 Å². The number of benzene rings is 2. The van der Waals surface area contributed by atoms with Gasteiger partial charge in [-0.2, -0.15) is 5.26 Å². The number of halogens is 1. The molecule has 0 radical (unpaired) electrons. The van der Waals surface area contributed by atoms with Crippen molar-refractivity contribution in [3.05, 3.63) is 58.4 Å². The number of ether oxygens (including phenoxy) is 1. The van der Waals surface area contributed by atoms with Crippen LogP contribution in [0.3, 0.4) is 0 Å². The number of fused-ring (bicyclic) bond motifs is 1. The average Bonchev–Trinajstić information content (AvgIpc) is 2.93. The topological polar surface area (TPSA) is 86.4 Å². The Morgan fingerprint density at radius 2 is 1.95 bits per heavy atom. The molecule has 41 heavy (non-hydrogen) atoms. The lowest BCUT2D eigenvalue weighted by molar-refractivity contribution is -0.115. The fourth-order valence-corrected chi connectivity index (χ4v) is 7.23. The smallest absolute Gasteiger partial charge is 0.261 e. The van der Waals surface area contributed by atoms with Gasteiger partial charge < -0.3 is 9.46 Å². The van der Waals surface area contributed by atoms with Gasteiger partial charge in [0.1, 0.15) is 17.4 Å². The lowest BCUT2D eigenvalue weighted by Crippen LogP contribution is -2.65. The Bertz CT molecular complexity index is 1530. The number of nitrogens with one attached hydrogen (secondary N) is 1. The van der Waals surface area contributed by atoms with Crippen molar-refractivity contribution in [3.8, 4) is 17.6 Å². The van der Waals surface area contributed by atoms with E-state index in [0.29, 0.717) is 22.0 Å². The Morgan fingerprint density at radius 1 is 1.20 bits per heavy atom. The maximum atomic E-state index is 14.9. The third kappa shape index (κ3) is 5.43. The fourth-order valence-electron chi connectivity index (χ4n) is 6.68. The van der Waals surface area contributed by atoms with Gasteiger partial charge in [-0.15, -0.1) is 0 Å². The highest BCUT2D eigenvalue weighted by molar-refractivity contribution is 7.98.